The Hall–Kier alpha value is -1.73. The van der Waals surface area contributed by atoms with Gasteiger partial charge in [0.1, 0.15) is 20.0 Å². The monoisotopic (exact) mass is 268 g/mol. The lowest BCUT2D eigenvalue weighted by atomic mass is 9.88. The van der Waals surface area contributed by atoms with E-state index in [1.54, 1.807) is 0 Å². The summed E-state index contributed by atoms with van der Waals surface area (Å²) in [6, 6.07) is -0.803. The van der Waals surface area contributed by atoms with E-state index in [2.05, 4.69) is 0 Å². The lowest BCUT2D eigenvalue weighted by Gasteiger charge is -2.28. The van der Waals surface area contributed by atoms with Gasteiger partial charge in [-0.25, -0.2) is 22.8 Å². The van der Waals surface area contributed by atoms with Crippen molar-refractivity contribution >= 4 is 12.0 Å². The molecule has 0 saturated carbocycles. The van der Waals surface area contributed by atoms with E-state index in [-0.39, 0.29) is 0 Å². The molecule has 0 atom stereocenters. The number of nitrogens with one attached hydrogen (secondary N) is 1. The van der Waals surface area contributed by atoms with Gasteiger partial charge in [0.2, 0.25) is 0 Å². The number of nitrogens with zero attached hydrogens (tertiary/aromatic N) is 1. The minimum Gasteiger partial charge on any atom is -0.478 e. The van der Waals surface area contributed by atoms with Gasteiger partial charge in [-0.05, 0) is 0 Å². The number of carboxylic acid groups (broad SMARTS) is 1. The molecule has 0 aliphatic heterocycles. The van der Waals surface area contributed by atoms with Gasteiger partial charge in [0.25, 0.3) is 0 Å². The fourth-order valence-corrected chi connectivity index (χ4v) is 0.995. The average Bonchev–Trinajstić information content (AvgIpc) is 2.30. The summed E-state index contributed by atoms with van der Waals surface area (Å²) in [5.74, 6) is -1.54. The number of aliphatic carboxylic acids is 1. The number of halogens is 3. The summed E-state index contributed by atoms with van der Waals surface area (Å²) in [6.07, 6.45) is 0.389. The lowest BCUT2D eigenvalue weighted by molar-refractivity contribution is -0.131. The zero-order valence-electron chi connectivity index (χ0n) is 10.0. The van der Waals surface area contributed by atoms with Gasteiger partial charge < -0.3 is 15.3 Å². The largest absolute Gasteiger partial charge is 0.478 e. The SMILES string of the molecule is CN(C)C(=O)N/C(=C/C(=O)O)C(CF)(CF)CF. The van der Waals surface area contributed by atoms with E-state index < -0.39 is 43.1 Å². The van der Waals surface area contributed by atoms with E-state index in [4.69, 9.17) is 5.11 Å². The molecular formula is C10H15F3N2O3. The molecule has 0 bridgehead atoms. The van der Waals surface area contributed by atoms with Crippen LogP contribution in [0.3, 0.4) is 0 Å². The van der Waals surface area contributed by atoms with Crippen LogP contribution < -0.4 is 5.32 Å². The molecular weight excluding hydrogens is 253 g/mol. The number of hydrogen-bond donors (Lipinski definition) is 2. The molecule has 0 aromatic heterocycles. The van der Waals surface area contributed by atoms with Crippen molar-refractivity contribution in [3.05, 3.63) is 11.8 Å². The highest BCUT2D eigenvalue weighted by molar-refractivity contribution is 5.83. The van der Waals surface area contributed by atoms with Crippen molar-refractivity contribution in [1.29, 1.82) is 0 Å². The third kappa shape index (κ3) is 3.94. The molecule has 0 aromatic rings. The summed E-state index contributed by atoms with van der Waals surface area (Å²) >= 11 is 0. The third-order valence-corrected chi connectivity index (χ3v) is 2.25. The number of alkyl halides is 3. The van der Waals surface area contributed by atoms with E-state index in [1.807, 2.05) is 5.32 Å². The Morgan fingerprint density at radius 2 is 1.67 bits per heavy atom. The van der Waals surface area contributed by atoms with Gasteiger partial charge in [0.15, 0.2) is 0 Å². The van der Waals surface area contributed by atoms with Crippen LogP contribution in [0, 0.1) is 5.41 Å². The molecule has 2 amide bonds. The second kappa shape index (κ2) is 6.87. The minimum atomic E-state index is -2.29. The molecule has 0 heterocycles. The summed E-state index contributed by atoms with van der Waals surface area (Å²) in [4.78, 5) is 22.9. The van der Waals surface area contributed by atoms with Crippen molar-refractivity contribution in [3.63, 3.8) is 0 Å². The number of allylic oxidation sites excluding steroid dienone is 1. The van der Waals surface area contributed by atoms with Gasteiger partial charge in [0, 0.05) is 25.9 Å². The van der Waals surface area contributed by atoms with Crippen LogP contribution >= 0.6 is 0 Å². The van der Waals surface area contributed by atoms with Gasteiger partial charge in [-0.15, -0.1) is 0 Å². The molecule has 8 heteroatoms. The van der Waals surface area contributed by atoms with Gasteiger partial charge >= 0.3 is 12.0 Å². The van der Waals surface area contributed by atoms with Crippen LogP contribution in [0.4, 0.5) is 18.0 Å². The molecule has 0 rings (SSSR count). The van der Waals surface area contributed by atoms with Crippen molar-refractivity contribution in [1.82, 2.24) is 10.2 Å². The summed E-state index contributed by atoms with van der Waals surface area (Å²) in [6.45, 7) is -4.40. The van der Waals surface area contributed by atoms with Gasteiger partial charge in [-0.3, -0.25) is 0 Å². The van der Waals surface area contributed by atoms with Crippen molar-refractivity contribution in [3.8, 4) is 0 Å². The van der Waals surface area contributed by atoms with Gasteiger partial charge in [0.05, 0.1) is 5.41 Å². The highest BCUT2D eigenvalue weighted by atomic mass is 19.1. The number of urea groups is 1. The highest BCUT2D eigenvalue weighted by Crippen LogP contribution is 2.28. The first kappa shape index (κ1) is 16.3. The molecule has 0 saturated heterocycles. The molecule has 5 nitrogen and oxygen atoms in total. The predicted molar refractivity (Wildman–Crippen MR) is 58.3 cm³/mol. The molecule has 2 N–H and O–H groups in total. The number of hydrogen-bond acceptors (Lipinski definition) is 2. The standard InChI is InChI=1S/C10H15F3N2O3/c1-15(2)9(18)14-7(3-8(16)17)10(4-11,5-12)6-13/h3H,4-6H2,1-2H3,(H,14,18)(H,16,17)/b7-3+. The van der Waals surface area contributed by atoms with Crippen molar-refractivity contribution in [2.45, 2.75) is 0 Å². The molecule has 0 aliphatic rings. The Bertz CT molecular complexity index is 333. The minimum absolute atomic E-state index is 0.389. The molecule has 0 spiro atoms. The molecule has 0 radical (unpaired) electrons. The zero-order valence-corrected chi connectivity index (χ0v) is 10.0. The average molecular weight is 268 g/mol. The van der Waals surface area contributed by atoms with E-state index in [0.717, 1.165) is 4.90 Å². The molecule has 0 unspecified atom stereocenters. The van der Waals surface area contributed by atoms with Gasteiger partial charge in [-0.1, -0.05) is 0 Å². The lowest BCUT2D eigenvalue weighted by Crippen LogP contribution is -2.44. The van der Waals surface area contributed by atoms with Crippen LogP contribution in [0.1, 0.15) is 0 Å². The summed E-state index contributed by atoms with van der Waals surface area (Å²) < 4.78 is 38.4. The smallest absolute Gasteiger partial charge is 0.330 e. The van der Waals surface area contributed by atoms with Crippen molar-refractivity contribution in [2.75, 3.05) is 34.1 Å². The van der Waals surface area contributed by atoms with Crippen LogP contribution in [0.25, 0.3) is 0 Å². The second-order valence-corrected chi connectivity index (χ2v) is 3.90. The van der Waals surface area contributed by atoms with Crippen LogP contribution in [0.15, 0.2) is 11.8 Å². The Morgan fingerprint density at radius 1 is 1.22 bits per heavy atom. The first-order valence-corrected chi connectivity index (χ1v) is 4.94. The zero-order chi connectivity index (χ0) is 14.3. The number of rotatable bonds is 6. The van der Waals surface area contributed by atoms with E-state index >= 15 is 0 Å². The fraction of sp³-hybridized carbons (Fsp3) is 0.600. The Kier molecular flexibility index (Phi) is 6.21. The quantitative estimate of drug-likeness (QED) is 0.709. The highest BCUT2D eigenvalue weighted by Gasteiger charge is 2.37. The normalized spacial score (nSPS) is 12.2. The van der Waals surface area contributed by atoms with Crippen LogP contribution in [-0.2, 0) is 4.79 Å². The van der Waals surface area contributed by atoms with Crippen LogP contribution in [0.5, 0.6) is 0 Å². The van der Waals surface area contributed by atoms with E-state index in [1.165, 1.54) is 14.1 Å². The number of carbonyl (C=O) groups is 2. The second-order valence-electron chi connectivity index (χ2n) is 3.90. The maximum absolute atomic E-state index is 12.8. The van der Waals surface area contributed by atoms with Gasteiger partial charge in [-0.2, -0.15) is 0 Å². The van der Waals surface area contributed by atoms with E-state index in [0.29, 0.717) is 6.08 Å². The van der Waals surface area contributed by atoms with Crippen molar-refractivity contribution < 1.29 is 27.9 Å². The number of carboxylic acids is 1. The first-order chi connectivity index (χ1) is 8.32. The van der Waals surface area contributed by atoms with Crippen LogP contribution in [-0.4, -0.2) is 56.1 Å². The summed E-state index contributed by atoms with van der Waals surface area (Å²) in [5, 5.41) is 10.6. The molecule has 0 fully saturated rings. The maximum Gasteiger partial charge on any atom is 0.330 e. The van der Waals surface area contributed by atoms with Crippen LogP contribution in [0.2, 0.25) is 0 Å². The fourth-order valence-electron chi connectivity index (χ4n) is 0.995. The number of amides is 2. The Labute approximate surface area is 102 Å². The molecule has 104 valence electrons. The molecule has 0 aromatic carbocycles. The predicted octanol–water partition coefficient (Wildman–Crippen LogP) is 1.12. The number of carbonyl (C=O) groups excluding carboxylic acids is 1. The van der Waals surface area contributed by atoms with Crippen molar-refractivity contribution in [2.24, 2.45) is 5.41 Å². The summed E-state index contributed by atoms with van der Waals surface area (Å²) in [5.41, 5.74) is -2.93. The topological polar surface area (TPSA) is 69.6 Å². The third-order valence-electron chi connectivity index (χ3n) is 2.25. The molecule has 0 aliphatic carbocycles. The van der Waals surface area contributed by atoms with E-state index in [9.17, 15) is 22.8 Å². The Balaban J connectivity index is 5.35. The first-order valence-electron chi connectivity index (χ1n) is 4.94. The maximum atomic E-state index is 12.8. The molecule has 18 heavy (non-hydrogen) atoms. The Morgan fingerprint density at radius 3 is 1.94 bits per heavy atom. The summed E-state index contributed by atoms with van der Waals surface area (Å²) in [7, 11) is 2.69.